The first-order valence-electron chi connectivity index (χ1n) is 4.79. The lowest BCUT2D eigenvalue weighted by molar-refractivity contribution is 0.693. The van der Waals surface area contributed by atoms with E-state index in [0.717, 1.165) is 19.5 Å². The van der Waals surface area contributed by atoms with Crippen molar-refractivity contribution < 1.29 is 0 Å². The second-order valence-electron chi connectivity index (χ2n) is 3.08. The van der Waals surface area contributed by atoms with E-state index < -0.39 is 0 Å². The molecule has 13 heavy (non-hydrogen) atoms. The topological polar surface area (TPSA) is 12.0 Å². The molecule has 0 saturated heterocycles. The van der Waals surface area contributed by atoms with Gasteiger partial charge in [0.15, 0.2) is 0 Å². The lowest BCUT2D eigenvalue weighted by Gasteiger charge is -2.01. The molecule has 1 rings (SSSR count). The third kappa shape index (κ3) is 4.48. The predicted molar refractivity (Wildman–Crippen MR) is 57.8 cm³/mol. The lowest BCUT2D eigenvalue weighted by atomic mass is 10.1. The van der Waals surface area contributed by atoms with E-state index >= 15 is 0 Å². The van der Waals surface area contributed by atoms with Gasteiger partial charge < -0.3 is 5.32 Å². The molecular formula is C12H17N. The summed E-state index contributed by atoms with van der Waals surface area (Å²) >= 11 is 0. The Balaban J connectivity index is 2.10. The van der Waals surface area contributed by atoms with Crippen LogP contribution in [-0.2, 0) is 6.42 Å². The van der Waals surface area contributed by atoms with Crippen molar-refractivity contribution in [1.82, 2.24) is 5.32 Å². The van der Waals surface area contributed by atoms with Crippen LogP contribution in [0.5, 0.6) is 0 Å². The molecule has 0 unspecified atom stereocenters. The van der Waals surface area contributed by atoms with E-state index in [9.17, 15) is 0 Å². The zero-order valence-corrected chi connectivity index (χ0v) is 8.00. The molecule has 0 spiro atoms. The minimum absolute atomic E-state index is 0.911. The normalized spacial score (nSPS) is 9.85. The maximum atomic E-state index is 3.65. The van der Waals surface area contributed by atoms with Gasteiger partial charge in [0.1, 0.15) is 0 Å². The minimum atomic E-state index is 0.911. The summed E-state index contributed by atoms with van der Waals surface area (Å²) in [5.41, 5.74) is 1.42. The standard InChI is InChI=1S/C12H17N/c1-2-10-13-11-6-9-12-7-4-3-5-8-12/h2-5,7-8,13H,1,6,9-11H2. The highest BCUT2D eigenvalue weighted by Crippen LogP contribution is 2.01. The Labute approximate surface area is 80.5 Å². The number of hydrogen-bond donors (Lipinski definition) is 1. The molecule has 0 aromatic heterocycles. The molecule has 1 aromatic rings. The van der Waals surface area contributed by atoms with E-state index in [0.29, 0.717) is 0 Å². The summed E-state index contributed by atoms with van der Waals surface area (Å²) < 4.78 is 0. The van der Waals surface area contributed by atoms with Crippen LogP contribution in [-0.4, -0.2) is 13.1 Å². The summed E-state index contributed by atoms with van der Waals surface area (Å²) in [5, 5.41) is 3.29. The van der Waals surface area contributed by atoms with E-state index in [1.165, 1.54) is 12.0 Å². The van der Waals surface area contributed by atoms with Crippen molar-refractivity contribution in [3.8, 4) is 0 Å². The highest BCUT2D eigenvalue weighted by Gasteiger charge is 1.90. The molecule has 1 heteroatoms. The van der Waals surface area contributed by atoms with Gasteiger partial charge in [-0.1, -0.05) is 36.4 Å². The summed E-state index contributed by atoms with van der Waals surface area (Å²) in [7, 11) is 0. The Kier molecular flexibility index (Phi) is 4.95. The van der Waals surface area contributed by atoms with E-state index in [2.05, 4.69) is 42.2 Å². The third-order valence-electron chi connectivity index (χ3n) is 1.95. The van der Waals surface area contributed by atoms with Gasteiger partial charge in [0.2, 0.25) is 0 Å². The molecule has 0 saturated carbocycles. The van der Waals surface area contributed by atoms with Gasteiger partial charge in [-0.15, -0.1) is 6.58 Å². The van der Waals surface area contributed by atoms with Gasteiger partial charge in [0.25, 0.3) is 0 Å². The van der Waals surface area contributed by atoms with E-state index in [-0.39, 0.29) is 0 Å². The Morgan fingerprint density at radius 2 is 2.00 bits per heavy atom. The van der Waals surface area contributed by atoms with Crippen molar-refractivity contribution in [1.29, 1.82) is 0 Å². The van der Waals surface area contributed by atoms with Gasteiger partial charge in [-0.2, -0.15) is 0 Å². The van der Waals surface area contributed by atoms with Crippen LogP contribution in [0.15, 0.2) is 43.0 Å². The average Bonchev–Trinajstić information content (AvgIpc) is 2.19. The number of hydrogen-bond acceptors (Lipinski definition) is 1. The summed E-state index contributed by atoms with van der Waals surface area (Å²) in [5.74, 6) is 0. The first-order chi connectivity index (χ1) is 6.43. The summed E-state index contributed by atoms with van der Waals surface area (Å²) in [6, 6.07) is 10.6. The van der Waals surface area contributed by atoms with E-state index in [4.69, 9.17) is 0 Å². The fraction of sp³-hybridized carbons (Fsp3) is 0.333. The second kappa shape index (κ2) is 6.44. The van der Waals surface area contributed by atoms with Crippen LogP contribution in [0.2, 0.25) is 0 Å². The molecule has 0 heterocycles. The van der Waals surface area contributed by atoms with Crippen LogP contribution in [0.1, 0.15) is 12.0 Å². The molecule has 0 radical (unpaired) electrons. The molecule has 70 valence electrons. The molecule has 0 atom stereocenters. The number of nitrogens with one attached hydrogen (secondary N) is 1. The van der Waals surface area contributed by atoms with Gasteiger partial charge in [-0.25, -0.2) is 0 Å². The molecule has 0 bridgehead atoms. The van der Waals surface area contributed by atoms with Crippen molar-refractivity contribution in [2.75, 3.05) is 13.1 Å². The number of aryl methyl sites for hydroxylation is 1. The molecule has 0 amide bonds. The second-order valence-corrected chi connectivity index (χ2v) is 3.08. The maximum Gasteiger partial charge on any atom is 0.0132 e. The molecule has 0 aliphatic rings. The van der Waals surface area contributed by atoms with Crippen LogP contribution in [0.4, 0.5) is 0 Å². The molecule has 0 fully saturated rings. The van der Waals surface area contributed by atoms with Crippen molar-refractivity contribution in [2.45, 2.75) is 12.8 Å². The van der Waals surface area contributed by atoms with Crippen molar-refractivity contribution >= 4 is 0 Å². The Morgan fingerprint density at radius 3 is 2.69 bits per heavy atom. The van der Waals surface area contributed by atoms with E-state index in [1.54, 1.807) is 0 Å². The SMILES string of the molecule is C=CCNCCCc1ccccc1. The molecule has 0 aliphatic carbocycles. The smallest absolute Gasteiger partial charge is 0.0132 e. The van der Waals surface area contributed by atoms with Crippen LogP contribution >= 0.6 is 0 Å². The van der Waals surface area contributed by atoms with Crippen LogP contribution in [0.3, 0.4) is 0 Å². The summed E-state index contributed by atoms with van der Waals surface area (Å²) in [6.45, 7) is 5.64. The monoisotopic (exact) mass is 175 g/mol. The lowest BCUT2D eigenvalue weighted by Crippen LogP contribution is -2.15. The Morgan fingerprint density at radius 1 is 1.23 bits per heavy atom. The van der Waals surface area contributed by atoms with Crippen molar-refractivity contribution in [2.24, 2.45) is 0 Å². The van der Waals surface area contributed by atoms with Gasteiger partial charge in [-0.05, 0) is 24.9 Å². The zero-order chi connectivity index (χ0) is 9.36. The van der Waals surface area contributed by atoms with Crippen LogP contribution < -0.4 is 5.32 Å². The van der Waals surface area contributed by atoms with Gasteiger partial charge in [0, 0.05) is 6.54 Å². The first-order valence-corrected chi connectivity index (χ1v) is 4.79. The third-order valence-corrected chi connectivity index (χ3v) is 1.95. The minimum Gasteiger partial charge on any atom is -0.313 e. The quantitative estimate of drug-likeness (QED) is 0.517. The Hall–Kier alpha value is -1.08. The molecular weight excluding hydrogens is 158 g/mol. The fourth-order valence-corrected chi connectivity index (χ4v) is 1.27. The Bertz CT molecular complexity index is 228. The molecule has 1 N–H and O–H groups in total. The number of benzene rings is 1. The molecule has 1 nitrogen and oxygen atoms in total. The maximum absolute atomic E-state index is 3.65. The fourth-order valence-electron chi connectivity index (χ4n) is 1.27. The molecule has 0 aliphatic heterocycles. The zero-order valence-electron chi connectivity index (χ0n) is 8.00. The van der Waals surface area contributed by atoms with E-state index in [1.807, 2.05) is 6.08 Å². The van der Waals surface area contributed by atoms with Gasteiger partial charge in [0.05, 0.1) is 0 Å². The highest BCUT2D eigenvalue weighted by molar-refractivity contribution is 5.14. The van der Waals surface area contributed by atoms with Gasteiger partial charge >= 0.3 is 0 Å². The first kappa shape index (κ1) is 10.0. The summed E-state index contributed by atoms with van der Waals surface area (Å²) in [4.78, 5) is 0. The largest absolute Gasteiger partial charge is 0.313 e. The highest BCUT2D eigenvalue weighted by atomic mass is 14.8. The van der Waals surface area contributed by atoms with Crippen LogP contribution in [0, 0.1) is 0 Å². The van der Waals surface area contributed by atoms with Crippen LogP contribution in [0.25, 0.3) is 0 Å². The number of rotatable bonds is 6. The van der Waals surface area contributed by atoms with Gasteiger partial charge in [-0.3, -0.25) is 0 Å². The summed E-state index contributed by atoms with van der Waals surface area (Å²) in [6.07, 6.45) is 4.24. The van der Waals surface area contributed by atoms with Crippen molar-refractivity contribution in [3.05, 3.63) is 48.6 Å². The molecule has 1 aromatic carbocycles. The predicted octanol–water partition coefficient (Wildman–Crippen LogP) is 2.39. The van der Waals surface area contributed by atoms with Crippen molar-refractivity contribution in [3.63, 3.8) is 0 Å². The average molecular weight is 175 g/mol.